The van der Waals surface area contributed by atoms with Crippen LogP contribution in [0.5, 0.6) is 0 Å². The Kier molecular flexibility index (Phi) is 8.11. The van der Waals surface area contributed by atoms with Gasteiger partial charge in [-0.25, -0.2) is 21.1 Å². The van der Waals surface area contributed by atoms with Crippen molar-refractivity contribution in [3.05, 3.63) is 89.5 Å². The lowest BCUT2D eigenvalue weighted by Gasteiger charge is -2.22. The average Bonchev–Trinajstić information content (AvgIpc) is 2.81. The third kappa shape index (κ3) is 6.34. The lowest BCUT2D eigenvalue weighted by atomic mass is 10.2. The summed E-state index contributed by atoms with van der Waals surface area (Å²) in [6, 6.07) is 19.9. The summed E-state index contributed by atoms with van der Waals surface area (Å²) in [6.45, 7) is 3.14. The lowest BCUT2D eigenvalue weighted by Crippen LogP contribution is -2.37. The molecule has 0 aliphatic carbocycles. The zero-order valence-electron chi connectivity index (χ0n) is 20.1. The number of hydrogen-bond acceptors (Lipinski definition) is 5. The summed E-state index contributed by atoms with van der Waals surface area (Å²) in [5.74, 6) is -0.584. The van der Waals surface area contributed by atoms with Crippen LogP contribution < -0.4 is 5.32 Å². The summed E-state index contributed by atoms with van der Waals surface area (Å²) in [6.07, 6.45) is 0. The SMILES string of the molecule is Cc1ccc(S(=O)(=O)N(CC(=O)Nc2cc(S(=O)(=O)N(C)C)ccc2C)Cc2ccccc2)cc1. The highest BCUT2D eigenvalue weighted by molar-refractivity contribution is 7.89. The second kappa shape index (κ2) is 10.7. The molecule has 186 valence electrons. The van der Waals surface area contributed by atoms with E-state index >= 15 is 0 Å². The molecule has 0 spiro atoms. The summed E-state index contributed by atoms with van der Waals surface area (Å²) in [5, 5.41) is 2.68. The third-order valence-corrected chi connectivity index (χ3v) is 9.06. The number of carbonyl (C=O) groups excluding carboxylic acids is 1. The highest BCUT2D eigenvalue weighted by Crippen LogP contribution is 2.23. The monoisotopic (exact) mass is 515 g/mol. The molecule has 1 amide bonds. The molecule has 0 radical (unpaired) electrons. The molecule has 0 aliphatic heterocycles. The van der Waals surface area contributed by atoms with Crippen molar-refractivity contribution in [2.24, 2.45) is 0 Å². The molecule has 0 bridgehead atoms. The molecule has 8 nitrogen and oxygen atoms in total. The molecule has 3 rings (SSSR count). The fourth-order valence-corrected chi connectivity index (χ4v) is 5.64. The molecular weight excluding hydrogens is 486 g/mol. The number of nitrogens with zero attached hydrogens (tertiary/aromatic N) is 2. The van der Waals surface area contributed by atoms with Crippen molar-refractivity contribution in [1.29, 1.82) is 0 Å². The molecule has 10 heteroatoms. The van der Waals surface area contributed by atoms with Gasteiger partial charge in [0.1, 0.15) is 0 Å². The van der Waals surface area contributed by atoms with Gasteiger partial charge in [0.05, 0.1) is 16.3 Å². The maximum Gasteiger partial charge on any atom is 0.243 e. The number of nitrogens with one attached hydrogen (secondary N) is 1. The number of benzene rings is 3. The molecule has 1 N–H and O–H groups in total. The van der Waals surface area contributed by atoms with Crippen molar-refractivity contribution in [3.8, 4) is 0 Å². The van der Waals surface area contributed by atoms with Gasteiger partial charge < -0.3 is 5.32 Å². The van der Waals surface area contributed by atoms with Crippen LogP contribution in [0.3, 0.4) is 0 Å². The summed E-state index contributed by atoms with van der Waals surface area (Å²) in [5.41, 5.74) is 2.59. The van der Waals surface area contributed by atoms with Crippen LogP contribution in [0.1, 0.15) is 16.7 Å². The number of anilines is 1. The Morgan fingerprint density at radius 3 is 2.00 bits per heavy atom. The van der Waals surface area contributed by atoms with Crippen molar-refractivity contribution in [2.45, 2.75) is 30.2 Å². The van der Waals surface area contributed by atoms with E-state index in [1.807, 2.05) is 13.0 Å². The van der Waals surface area contributed by atoms with Gasteiger partial charge in [0.15, 0.2) is 0 Å². The normalized spacial score (nSPS) is 12.2. The van der Waals surface area contributed by atoms with Crippen LogP contribution in [0, 0.1) is 13.8 Å². The van der Waals surface area contributed by atoms with Crippen molar-refractivity contribution in [3.63, 3.8) is 0 Å². The minimum Gasteiger partial charge on any atom is -0.325 e. The Balaban J connectivity index is 1.91. The first kappa shape index (κ1) is 26.6. The van der Waals surface area contributed by atoms with Gasteiger partial charge in [0, 0.05) is 26.3 Å². The molecule has 3 aromatic carbocycles. The molecule has 0 unspecified atom stereocenters. The van der Waals surface area contributed by atoms with E-state index in [1.54, 1.807) is 49.4 Å². The van der Waals surface area contributed by atoms with Gasteiger partial charge in [-0.2, -0.15) is 4.31 Å². The fraction of sp³-hybridized carbons (Fsp3) is 0.240. The zero-order chi connectivity index (χ0) is 25.8. The summed E-state index contributed by atoms with van der Waals surface area (Å²) < 4.78 is 54.0. The van der Waals surface area contributed by atoms with E-state index in [-0.39, 0.29) is 16.3 Å². The van der Waals surface area contributed by atoms with E-state index < -0.39 is 32.5 Å². The van der Waals surface area contributed by atoms with Gasteiger partial charge in [-0.3, -0.25) is 4.79 Å². The van der Waals surface area contributed by atoms with Gasteiger partial charge in [0.25, 0.3) is 0 Å². The second-order valence-electron chi connectivity index (χ2n) is 8.38. The van der Waals surface area contributed by atoms with Gasteiger partial charge in [-0.15, -0.1) is 0 Å². The van der Waals surface area contributed by atoms with Crippen LogP contribution in [-0.2, 0) is 31.4 Å². The quantitative estimate of drug-likeness (QED) is 0.471. The van der Waals surface area contributed by atoms with E-state index in [2.05, 4.69) is 5.32 Å². The van der Waals surface area contributed by atoms with Crippen LogP contribution in [-0.4, -0.2) is 52.0 Å². The molecule has 35 heavy (non-hydrogen) atoms. The molecule has 0 fully saturated rings. The predicted molar refractivity (Wildman–Crippen MR) is 136 cm³/mol. The summed E-state index contributed by atoms with van der Waals surface area (Å²) in [4.78, 5) is 13.1. The maximum absolute atomic E-state index is 13.4. The van der Waals surface area contributed by atoms with Crippen molar-refractivity contribution in [2.75, 3.05) is 26.0 Å². The van der Waals surface area contributed by atoms with Crippen molar-refractivity contribution in [1.82, 2.24) is 8.61 Å². The Morgan fingerprint density at radius 1 is 0.800 bits per heavy atom. The number of rotatable bonds is 9. The number of aryl methyl sites for hydroxylation is 2. The molecule has 0 saturated heterocycles. The highest BCUT2D eigenvalue weighted by Gasteiger charge is 2.27. The Labute approximate surface area is 207 Å². The average molecular weight is 516 g/mol. The van der Waals surface area contributed by atoms with Crippen LogP contribution in [0.15, 0.2) is 82.6 Å². The largest absolute Gasteiger partial charge is 0.325 e. The van der Waals surface area contributed by atoms with Gasteiger partial charge in [0.2, 0.25) is 26.0 Å². The predicted octanol–water partition coefficient (Wildman–Crippen LogP) is 3.38. The first-order valence-corrected chi connectivity index (χ1v) is 13.7. The zero-order valence-corrected chi connectivity index (χ0v) is 21.7. The number of amides is 1. The molecule has 0 aromatic heterocycles. The minimum atomic E-state index is -3.99. The molecule has 3 aromatic rings. The number of sulfonamides is 2. The van der Waals surface area contributed by atoms with Crippen LogP contribution in [0.4, 0.5) is 5.69 Å². The van der Waals surface area contributed by atoms with E-state index in [4.69, 9.17) is 0 Å². The van der Waals surface area contributed by atoms with Crippen molar-refractivity contribution < 1.29 is 21.6 Å². The van der Waals surface area contributed by atoms with E-state index in [0.29, 0.717) is 11.3 Å². The molecule has 0 atom stereocenters. The maximum atomic E-state index is 13.4. The molecular formula is C25H29N3O5S2. The molecule has 0 aliphatic rings. The Hall–Kier alpha value is -3.05. The Morgan fingerprint density at radius 2 is 1.40 bits per heavy atom. The van der Waals surface area contributed by atoms with E-state index in [0.717, 1.165) is 19.7 Å². The van der Waals surface area contributed by atoms with Crippen LogP contribution in [0.25, 0.3) is 0 Å². The number of carbonyl (C=O) groups is 1. The smallest absolute Gasteiger partial charge is 0.243 e. The summed E-state index contributed by atoms with van der Waals surface area (Å²) in [7, 11) is -4.85. The summed E-state index contributed by atoms with van der Waals surface area (Å²) >= 11 is 0. The van der Waals surface area contributed by atoms with Gasteiger partial charge in [-0.05, 0) is 49.2 Å². The topological polar surface area (TPSA) is 104 Å². The van der Waals surface area contributed by atoms with Crippen LogP contribution in [0.2, 0.25) is 0 Å². The number of hydrogen-bond donors (Lipinski definition) is 1. The third-order valence-electron chi connectivity index (χ3n) is 5.44. The van der Waals surface area contributed by atoms with E-state index in [9.17, 15) is 21.6 Å². The van der Waals surface area contributed by atoms with Crippen molar-refractivity contribution >= 4 is 31.6 Å². The minimum absolute atomic E-state index is 0.00149. The van der Waals surface area contributed by atoms with Crippen LogP contribution >= 0.6 is 0 Å². The molecule has 0 heterocycles. The van der Waals surface area contributed by atoms with E-state index in [1.165, 1.54) is 38.4 Å². The first-order valence-electron chi connectivity index (χ1n) is 10.8. The Bertz CT molecular complexity index is 1400. The lowest BCUT2D eigenvalue weighted by molar-refractivity contribution is -0.116. The molecule has 0 saturated carbocycles. The highest BCUT2D eigenvalue weighted by atomic mass is 32.2. The fourth-order valence-electron chi connectivity index (χ4n) is 3.33. The standard InChI is InChI=1S/C25H29N3O5S2/c1-19-10-13-22(14-11-19)35(32,33)28(17-21-8-6-5-7-9-21)18-25(29)26-24-16-23(15-12-20(24)2)34(30,31)27(3)4/h5-16H,17-18H2,1-4H3,(H,26,29). The van der Waals surface area contributed by atoms with Gasteiger partial charge >= 0.3 is 0 Å². The van der Waals surface area contributed by atoms with Gasteiger partial charge in [-0.1, -0.05) is 54.1 Å². The second-order valence-corrected chi connectivity index (χ2v) is 12.5. The first-order chi connectivity index (χ1) is 16.4.